The Labute approximate surface area is 342 Å². The first-order valence-electron chi connectivity index (χ1n) is 24.0. The third kappa shape index (κ3) is 40.3. The van der Waals surface area contributed by atoms with E-state index < -0.39 is 24.2 Å². The van der Waals surface area contributed by atoms with Gasteiger partial charge in [0.15, 0.2) is 0 Å². The number of allylic oxidation sites excluding steroid dienone is 7. The van der Waals surface area contributed by atoms with E-state index in [0.29, 0.717) is 6.42 Å². The summed E-state index contributed by atoms with van der Waals surface area (Å²) in [4.78, 5) is 12.5. The Morgan fingerprint density at radius 3 is 1.11 bits per heavy atom. The van der Waals surface area contributed by atoms with Crippen molar-refractivity contribution in [3.63, 3.8) is 0 Å². The second-order valence-electron chi connectivity index (χ2n) is 16.3. The third-order valence-electron chi connectivity index (χ3n) is 10.9. The van der Waals surface area contributed by atoms with Gasteiger partial charge in [0.2, 0.25) is 5.91 Å². The molecule has 4 N–H and O–H groups in total. The summed E-state index contributed by atoms with van der Waals surface area (Å²) >= 11 is 0. The van der Waals surface area contributed by atoms with E-state index in [0.717, 1.165) is 44.9 Å². The molecule has 0 aromatic rings. The molecule has 0 radical (unpaired) electrons. The van der Waals surface area contributed by atoms with Crippen LogP contribution in [0.25, 0.3) is 0 Å². The molecule has 322 valence electrons. The molecule has 0 spiro atoms. The minimum atomic E-state index is -1.11. The SMILES string of the molecule is CCCCCCCCC/C=C/CC/C=C/CC/C=C/C(O)C(CO)NC(=O)C(O)CCCCCCCCCC/C=C\CCCCCCCCCCCCCC. The molecule has 5 nitrogen and oxygen atoms in total. The van der Waals surface area contributed by atoms with Gasteiger partial charge in [-0.15, -0.1) is 0 Å². The highest BCUT2D eigenvalue weighted by Gasteiger charge is 2.22. The number of amides is 1. The molecule has 0 saturated heterocycles. The molecule has 0 aliphatic heterocycles. The van der Waals surface area contributed by atoms with Crippen LogP contribution in [0.1, 0.15) is 239 Å². The Balaban J connectivity index is 3.69. The second kappa shape index (κ2) is 45.0. The quantitative estimate of drug-likeness (QED) is 0.0367. The van der Waals surface area contributed by atoms with E-state index in [1.165, 1.54) is 173 Å². The van der Waals surface area contributed by atoms with E-state index in [4.69, 9.17) is 0 Å². The van der Waals surface area contributed by atoms with Gasteiger partial charge in [-0.3, -0.25) is 4.79 Å². The summed E-state index contributed by atoms with van der Waals surface area (Å²) in [5.74, 6) is -0.519. The van der Waals surface area contributed by atoms with Crippen molar-refractivity contribution >= 4 is 5.91 Å². The number of nitrogens with one attached hydrogen (secondary N) is 1. The third-order valence-corrected chi connectivity index (χ3v) is 10.9. The van der Waals surface area contributed by atoms with Crippen LogP contribution in [0.15, 0.2) is 48.6 Å². The summed E-state index contributed by atoms with van der Waals surface area (Å²) in [7, 11) is 0. The minimum absolute atomic E-state index is 0.383. The van der Waals surface area contributed by atoms with Gasteiger partial charge < -0.3 is 20.6 Å². The van der Waals surface area contributed by atoms with Crippen molar-refractivity contribution < 1.29 is 20.1 Å². The van der Waals surface area contributed by atoms with E-state index in [2.05, 4.69) is 55.6 Å². The van der Waals surface area contributed by atoms with Gasteiger partial charge in [0.25, 0.3) is 0 Å². The highest BCUT2D eigenvalue weighted by molar-refractivity contribution is 5.80. The van der Waals surface area contributed by atoms with Gasteiger partial charge in [0, 0.05) is 0 Å². The van der Waals surface area contributed by atoms with E-state index in [1.54, 1.807) is 6.08 Å². The van der Waals surface area contributed by atoms with E-state index in [9.17, 15) is 20.1 Å². The monoisotopic (exact) mass is 772 g/mol. The van der Waals surface area contributed by atoms with Crippen LogP contribution in [-0.4, -0.2) is 46.1 Å². The zero-order valence-electron chi connectivity index (χ0n) is 36.6. The maximum atomic E-state index is 12.5. The number of hydrogen-bond acceptors (Lipinski definition) is 4. The van der Waals surface area contributed by atoms with Crippen LogP contribution in [0.2, 0.25) is 0 Å². The number of hydrogen-bond donors (Lipinski definition) is 4. The molecule has 0 aromatic heterocycles. The Kier molecular flexibility index (Phi) is 43.6. The van der Waals surface area contributed by atoms with Crippen molar-refractivity contribution in [3.05, 3.63) is 48.6 Å². The van der Waals surface area contributed by atoms with Gasteiger partial charge in [-0.25, -0.2) is 0 Å². The van der Waals surface area contributed by atoms with Crippen LogP contribution in [0, 0.1) is 0 Å². The highest BCUT2D eigenvalue weighted by atomic mass is 16.3. The lowest BCUT2D eigenvalue weighted by molar-refractivity contribution is -0.131. The maximum absolute atomic E-state index is 12.5. The number of carbonyl (C=O) groups excluding carboxylic acids is 1. The summed E-state index contributed by atoms with van der Waals surface area (Å²) < 4.78 is 0. The van der Waals surface area contributed by atoms with Crippen molar-refractivity contribution in [3.8, 4) is 0 Å². The lowest BCUT2D eigenvalue weighted by Crippen LogP contribution is -2.48. The lowest BCUT2D eigenvalue weighted by atomic mass is 10.0. The van der Waals surface area contributed by atoms with E-state index in [1.807, 2.05) is 6.08 Å². The fourth-order valence-electron chi connectivity index (χ4n) is 7.09. The molecule has 0 saturated carbocycles. The fourth-order valence-corrected chi connectivity index (χ4v) is 7.09. The first-order valence-corrected chi connectivity index (χ1v) is 24.0. The number of aliphatic hydroxyl groups is 3. The average molecular weight is 772 g/mol. The van der Waals surface area contributed by atoms with Crippen LogP contribution in [0.3, 0.4) is 0 Å². The first-order chi connectivity index (χ1) is 27.1. The van der Waals surface area contributed by atoms with Crippen molar-refractivity contribution in [2.45, 2.75) is 257 Å². The Bertz CT molecular complexity index is 896. The summed E-state index contributed by atoms with van der Waals surface area (Å²) in [6, 6.07) is -0.823. The molecule has 3 unspecified atom stereocenters. The second-order valence-corrected chi connectivity index (χ2v) is 16.3. The Morgan fingerprint density at radius 2 is 0.745 bits per heavy atom. The Hall–Kier alpha value is -1.69. The largest absolute Gasteiger partial charge is 0.394 e. The minimum Gasteiger partial charge on any atom is -0.394 e. The van der Waals surface area contributed by atoms with Gasteiger partial charge in [-0.1, -0.05) is 217 Å². The zero-order chi connectivity index (χ0) is 40.1. The van der Waals surface area contributed by atoms with E-state index >= 15 is 0 Å². The average Bonchev–Trinajstić information content (AvgIpc) is 3.19. The predicted molar refractivity (Wildman–Crippen MR) is 241 cm³/mol. The number of carbonyl (C=O) groups is 1. The molecule has 3 atom stereocenters. The van der Waals surface area contributed by atoms with Crippen LogP contribution in [0.5, 0.6) is 0 Å². The smallest absolute Gasteiger partial charge is 0.249 e. The summed E-state index contributed by atoms with van der Waals surface area (Å²) in [5.41, 5.74) is 0. The van der Waals surface area contributed by atoms with Crippen LogP contribution in [0.4, 0.5) is 0 Å². The molecule has 5 heteroatoms. The Morgan fingerprint density at radius 1 is 0.436 bits per heavy atom. The predicted octanol–water partition coefficient (Wildman–Crippen LogP) is 14.1. The molecule has 0 aromatic carbocycles. The number of unbranched alkanes of at least 4 members (excludes halogenated alkanes) is 29. The molecule has 0 aliphatic rings. The molecule has 0 aliphatic carbocycles. The standard InChI is InChI=1S/C50H93NO4/c1-3-5-7-9-11-13-15-17-19-21-22-23-24-25-26-27-29-31-33-35-37-39-41-43-45-49(54)50(55)51-47(46-52)48(53)44-42-40-38-36-34-32-30-28-20-18-16-14-12-10-8-6-4-2/h20,25-26,28,34,36,42,44,47-49,52-54H,3-19,21-24,27,29-33,35,37-41,43,45-46H2,1-2H3,(H,51,55)/b26-25-,28-20+,36-34+,44-42+. The molecule has 55 heavy (non-hydrogen) atoms. The first kappa shape index (κ1) is 53.3. The summed E-state index contributed by atoms with van der Waals surface area (Å²) in [6.45, 7) is 4.17. The highest BCUT2D eigenvalue weighted by Crippen LogP contribution is 2.15. The molecular weight excluding hydrogens is 679 g/mol. The normalized spacial score (nSPS) is 13.9. The summed E-state index contributed by atoms with van der Waals surface area (Å²) in [6.07, 6.45) is 58.7. The topological polar surface area (TPSA) is 89.8 Å². The van der Waals surface area contributed by atoms with Crippen molar-refractivity contribution in [1.82, 2.24) is 5.32 Å². The van der Waals surface area contributed by atoms with E-state index in [-0.39, 0.29) is 6.61 Å². The number of rotatable bonds is 43. The van der Waals surface area contributed by atoms with Crippen molar-refractivity contribution in [2.24, 2.45) is 0 Å². The summed E-state index contributed by atoms with van der Waals surface area (Å²) in [5, 5.41) is 33.2. The van der Waals surface area contributed by atoms with Crippen LogP contribution < -0.4 is 5.32 Å². The fraction of sp³-hybridized carbons (Fsp3) is 0.820. The lowest BCUT2D eigenvalue weighted by Gasteiger charge is -2.21. The van der Waals surface area contributed by atoms with Gasteiger partial charge >= 0.3 is 0 Å². The van der Waals surface area contributed by atoms with Crippen LogP contribution >= 0.6 is 0 Å². The van der Waals surface area contributed by atoms with Gasteiger partial charge in [0.1, 0.15) is 6.10 Å². The molecule has 0 bridgehead atoms. The van der Waals surface area contributed by atoms with Crippen molar-refractivity contribution in [2.75, 3.05) is 6.61 Å². The number of aliphatic hydroxyl groups excluding tert-OH is 3. The molecule has 0 fully saturated rings. The molecular formula is C50H93NO4. The zero-order valence-corrected chi connectivity index (χ0v) is 36.6. The van der Waals surface area contributed by atoms with Gasteiger partial charge in [0.05, 0.1) is 18.8 Å². The van der Waals surface area contributed by atoms with Gasteiger partial charge in [-0.2, -0.15) is 0 Å². The van der Waals surface area contributed by atoms with Gasteiger partial charge in [-0.05, 0) is 70.6 Å². The van der Waals surface area contributed by atoms with Crippen LogP contribution in [-0.2, 0) is 4.79 Å². The molecule has 0 rings (SSSR count). The molecule has 0 heterocycles. The molecule has 1 amide bonds. The maximum Gasteiger partial charge on any atom is 0.249 e. The van der Waals surface area contributed by atoms with Crippen molar-refractivity contribution in [1.29, 1.82) is 0 Å².